The molecule has 0 aromatic heterocycles. The summed E-state index contributed by atoms with van der Waals surface area (Å²) in [4.78, 5) is 26.0. The molecule has 0 bridgehead atoms. The first-order valence-electron chi connectivity index (χ1n) is 9.40. The Kier molecular flexibility index (Phi) is 5.61. The Bertz CT molecular complexity index is 834. The maximum Gasteiger partial charge on any atom is 0.336 e. The van der Waals surface area contributed by atoms with Gasteiger partial charge in [0, 0.05) is 33.8 Å². The average Bonchev–Trinajstić information content (AvgIpc) is 2.58. The van der Waals surface area contributed by atoms with Crippen LogP contribution in [-0.4, -0.2) is 18.4 Å². The minimum atomic E-state index is -0.387. The third-order valence-electron chi connectivity index (χ3n) is 5.10. The lowest BCUT2D eigenvalue weighted by molar-refractivity contribution is -0.139. The SMILES string of the molecule is CCCOC(=O)C1=C(C)NC2=C(C(=O)CC(C)(C)C2)[C@@H]1c1ccc(Br)cc1. The fourth-order valence-electron chi connectivity index (χ4n) is 3.97. The number of hydrogen-bond donors (Lipinski definition) is 1. The second-order valence-corrected chi connectivity index (χ2v) is 9.03. The molecule has 5 heteroatoms. The van der Waals surface area contributed by atoms with Crippen LogP contribution in [0.2, 0.25) is 0 Å². The van der Waals surface area contributed by atoms with Crippen LogP contribution >= 0.6 is 15.9 Å². The predicted octanol–water partition coefficient (Wildman–Crippen LogP) is 5.01. The molecule has 3 rings (SSSR count). The van der Waals surface area contributed by atoms with Crippen LogP contribution in [-0.2, 0) is 14.3 Å². The number of carbonyl (C=O) groups is 2. The molecule has 1 aliphatic carbocycles. The van der Waals surface area contributed by atoms with Gasteiger partial charge >= 0.3 is 5.97 Å². The molecule has 0 saturated carbocycles. The fraction of sp³-hybridized carbons (Fsp3) is 0.455. The number of benzene rings is 1. The summed E-state index contributed by atoms with van der Waals surface area (Å²) in [6.45, 7) is 8.44. The molecular weight excluding hydrogens is 406 g/mol. The Morgan fingerprint density at radius 3 is 2.56 bits per heavy atom. The van der Waals surface area contributed by atoms with Crippen molar-refractivity contribution >= 4 is 27.7 Å². The zero-order valence-electron chi connectivity index (χ0n) is 16.3. The van der Waals surface area contributed by atoms with Crippen LogP contribution in [0.15, 0.2) is 51.3 Å². The van der Waals surface area contributed by atoms with Gasteiger partial charge in [0.25, 0.3) is 0 Å². The molecule has 0 amide bonds. The molecule has 1 aliphatic heterocycles. The second-order valence-electron chi connectivity index (χ2n) is 8.12. The highest BCUT2D eigenvalue weighted by atomic mass is 79.9. The number of hydrogen-bond acceptors (Lipinski definition) is 4. The first kappa shape index (κ1) is 19.9. The number of allylic oxidation sites excluding steroid dienone is 3. The highest BCUT2D eigenvalue weighted by molar-refractivity contribution is 9.10. The summed E-state index contributed by atoms with van der Waals surface area (Å²) in [5.41, 5.74) is 3.81. The zero-order chi connectivity index (χ0) is 19.8. The van der Waals surface area contributed by atoms with Crippen molar-refractivity contribution in [1.82, 2.24) is 5.32 Å². The number of rotatable bonds is 4. The molecular formula is C22H26BrNO3. The summed E-state index contributed by atoms with van der Waals surface area (Å²) in [5, 5.41) is 3.35. The van der Waals surface area contributed by atoms with Crippen molar-refractivity contribution < 1.29 is 14.3 Å². The van der Waals surface area contributed by atoms with E-state index >= 15 is 0 Å². The van der Waals surface area contributed by atoms with Crippen molar-refractivity contribution in [3.05, 3.63) is 56.8 Å². The van der Waals surface area contributed by atoms with Gasteiger partial charge in [0.2, 0.25) is 0 Å². The largest absolute Gasteiger partial charge is 0.462 e. The Hall–Kier alpha value is -1.88. The Morgan fingerprint density at radius 2 is 1.93 bits per heavy atom. The van der Waals surface area contributed by atoms with E-state index in [4.69, 9.17) is 4.74 Å². The summed E-state index contributed by atoms with van der Waals surface area (Å²) >= 11 is 3.46. The summed E-state index contributed by atoms with van der Waals surface area (Å²) in [6, 6.07) is 7.83. The summed E-state index contributed by atoms with van der Waals surface area (Å²) in [7, 11) is 0. The molecule has 27 heavy (non-hydrogen) atoms. The van der Waals surface area contributed by atoms with Gasteiger partial charge in [-0.1, -0.05) is 48.8 Å². The van der Waals surface area contributed by atoms with Crippen LogP contribution in [0, 0.1) is 5.41 Å². The number of dihydropyridines is 1. The van der Waals surface area contributed by atoms with Crippen LogP contribution in [0.1, 0.15) is 58.4 Å². The second kappa shape index (κ2) is 7.63. The Labute approximate surface area is 169 Å². The number of carbonyl (C=O) groups excluding carboxylic acids is 2. The van der Waals surface area contributed by atoms with E-state index in [1.807, 2.05) is 38.1 Å². The van der Waals surface area contributed by atoms with Crippen LogP contribution in [0.3, 0.4) is 0 Å². The molecule has 0 spiro atoms. The Morgan fingerprint density at radius 1 is 1.26 bits per heavy atom. The first-order chi connectivity index (χ1) is 12.7. The van der Waals surface area contributed by atoms with Gasteiger partial charge in [-0.3, -0.25) is 4.79 Å². The van der Waals surface area contributed by atoms with Gasteiger partial charge in [-0.25, -0.2) is 4.79 Å². The predicted molar refractivity (Wildman–Crippen MR) is 109 cm³/mol. The van der Waals surface area contributed by atoms with Gasteiger partial charge in [0.1, 0.15) is 0 Å². The highest BCUT2D eigenvalue weighted by Crippen LogP contribution is 2.46. The highest BCUT2D eigenvalue weighted by Gasteiger charge is 2.43. The molecule has 1 N–H and O–H groups in total. The number of ether oxygens (including phenoxy) is 1. The number of Topliss-reactive ketones (excluding diaryl/α,β-unsaturated/α-hetero) is 1. The Balaban J connectivity index is 2.12. The van der Waals surface area contributed by atoms with Gasteiger partial charge < -0.3 is 10.1 Å². The molecule has 0 fully saturated rings. The molecule has 1 atom stereocenters. The maximum absolute atomic E-state index is 13.1. The van der Waals surface area contributed by atoms with Crippen LogP contribution in [0.4, 0.5) is 0 Å². The van der Waals surface area contributed by atoms with Crippen molar-refractivity contribution in [2.45, 2.75) is 52.9 Å². The lowest BCUT2D eigenvalue weighted by Gasteiger charge is -2.39. The lowest BCUT2D eigenvalue weighted by Crippen LogP contribution is -2.38. The monoisotopic (exact) mass is 431 g/mol. The van der Waals surface area contributed by atoms with E-state index < -0.39 is 0 Å². The first-order valence-corrected chi connectivity index (χ1v) is 10.2. The third-order valence-corrected chi connectivity index (χ3v) is 5.63. The molecule has 0 unspecified atom stereocenters. The van der Waals surface area contributed by atoms with E-state index in [1.165, 1.54) is 0 Å². The summed E-state index contributed by atoms with van der Waals surface area (Å²) < 4.78 is 6.41. The summed E-state index contributed by atoms with van der Waals surface area (Å²) in [5.74, 6) is -0.629. The number of ketones is 1. The normalized spacial score (nSPS) is 21.7. The van der Waals surface area contributed by atoms with Crippen molar-refractivity contribution in [1.29, 1.82) is 0 Å². The fourth-order valence-corrected chi connectivity index (χ4v) is 4.23. The molecule has 0 saturated heterocycles. The van der Waals surface area contributed by atoms with Crippen molar-refractivity contribution in [2.24, 2.45) is 5.41 Å². The van der Waals surface area contributed by atoms with Gasteiger partial charge in [0.15, 0.2) is 5.78 Å². The molecule has 144 valence electrons. The minimum absolute atomic E-state index is 0.0896. The van der Waals surface area contributed by atoms with Crippen LogP contribution in [0.5, 0.6) is 0 Å². The number of nitrogens with one attached hydrogen (secondary N) is 1. The molecule has 0 radical (unpaired) electrons. The van der Waals surface area contributed by atoms with Crippen molar-refractivity contribution in [3.8, 4) is 0 Å². The van der Waals surface area contributed by atoms with E-state index in [-0.39, 0.29) is 23.1 Å². The minimum Gasteiger partial charge on any atom is -0.462 e. The van der Waals surface area contributed by atoms with Crippen molar-refractivity contribution in [3.63, 3.8) is 0 Å². The molecule has 4 nitrogen and oxygen atoms in total. The maximum atomic E-state index is 13.1. The van der Waals surface area contributed by atoms with E-state index in [0.717, 1.165) is 34.3 Å². The standard InChI is InChI=1S/C22H26BrNO3/c1-5-10-27-21(26)18-13(2)24-16-11-22(3,4)12-17(25)20(16)19(18)14-6-8-15(23)9-7-14/h6-9,19,24H,5,10-12H2,1-4H3/t19-/m1/s1. The zero-order valence-corrected chi connectivity index (χ0v) is 17.9. The van der Waals surface area contributed by atoms with Crippen LogP contribution < -0.4 is 5.32 Å². The smallest absolute Gasteiger partial charge is 0.336 e. The lowest BCUT2D eigenvalue weighted by atomic mass is 9.68. The van der Waals surface area contributed by atoms with E-state index in [0.29, 0.717) is 24.2 Å². The number of esters is 1. The topological polar surface area (TPSA) is 55.4 Å². The van der Waals surface area contributed by atoms with Crippen LogP contribution in [0.25, 0.3) is 0 Å². The third kappa shape index (κ3) is 4.03. The summed E-state index contributed by atoms with van der Waals surface area (Å²) in [6.07, 6.45) is 2.03. The van der Waals surface area contributed by atoms with Gasteiger partial charge in [0.05, 0.1) is 12.2 Å². The van der Waals surface area contributed by atoms with Gasteiger partial charge in [-0.15, -0.1) is 0 Å². The molecule has 1 aromatic rings. The average molecular weight is 432 g/mol. The molecule has 1 heterocycles. The molecule has 2 aliphatic rings. The van der Waals surface area contributed by atoms with E-state index in [9.17, 15) is 9.59 Å². The quantitative estimate of drug-likeness (QED) is 0.680. The van der Waals surface area contributed by atoms with E-state index in [2.05, 4.69) is 35.1 Å². The van der Waals surface area contributed by atoms with Gasteiger partial charge in [-0.05, 0) is 42.9 Å². The van der Waals surface area contributed by atoms with Gasteiger partial charge in [-0.2, -0.15) is 0 Å². The molecule has 1 aromatic carbocycles. The van der Waals surface area contributed by atoms with Crippen molar-refractivity contribution in [2.75, 3.05) is 6.61 Å². The number of halogens is 1. The van der Waals surface area contributed by atoms with E-state index in [1.54, 1.807) is 0 Å².